The summed E-state index contributed by atoms with van der Waals surface area (Å²) in [6, 6.07) is 0. The van der Waals surface area contributed by atoms with Gasteiger partial charge in [-0.05, 0) is 19.3 Å². The molecule has 0 amide bonds. The molecule has 1 saturated carbocycles. The normalized spacial score (nSPS) is 22.5. The predicted molar refractivity (Wildman–Crippen MR) is 48.3 cm³/mol. The summed E-state index contributed by atoms with van der Waals surface area (Å²) in [7, 11) is 0. The van der Waals surface area contributed by atoms with Crippen LogP contribution >= 0.6 is 0 Å². The van der Waals surface area contributed by atoms with E-state index < -0.39 is 6.29 Å². The van der Waals surface area contributed by atoms with Crippen molar-refractivity contribution in [2.75, 3.05) is 0 Å². The van der Waals surface area contributed by atoms with Gasteiger partial charge in [0, 0.05) is 0 Å². The summed E-state index contributed by atoms with van der Waals surface area (Å²) >= 11 is 0. The van der Waals surface area contributed by atoms with E-state index in [-0.39, 0.29) is 0 Å². The topological polar surface area (TPSA) is 29.5 Å². The van der Waals surface area contributed by atoms with E-state index in [0.29, 0.717) is 0 Å². The van der Waals surface area contributed by atoms with Gasteiger partial charge in [-0.2, -0.15) is 0 Å². The highest BCUT2D eigenvalue weighted by Gasteiger charge is 2.17. The summed E-state index contributed by atoms with van der Waals surface area (Å²) in [5.74, 6) is 0. The first-order chi connectivity index (χ1) is 5.83. The van der Waals surface area contributed by atoms with Gasteiger partial charge < -0.3 is 9.84 Å². The lowest BCUT2D eigenvalue weighted by molar-refractivity contribution is -0.104. The molecular weight excluding hydrogens is 152 g/mol. The second kappa shape index (κ2) is 5.55. The minimum Gasteiger partial charge on any atom is -0.368 e. The second-order valence-electron chi connectivity index (χ2n) is 3.46. The Morgan fingerprint density at radius 3 is 2.58 bits per heavy atom. The van der Waals surface area contributed by atoms with Gasteiger partial charge in [-0.1, -0.05) is 32.6 Å². The van der Waals surface area contributed by atoms with Crippen molar-refractivity contribution < 1.29 is 9.84 Å². The maximum absolute atomic E-state index is 9.36. The molecule has 1 aliphatic carbocycles. The van der Waals surface area contributed by atoms with Crippen molar-refractivity contribution in [2.24, 2.45) is 0 Å². The van der Waals surface area contributed by atoms with Gasteiger partial charge in [-0.25, -0.2) is 0 Å². The number of aliphatic hydroxyl groups excluding tert-OH is 1. The highest BCUT2D eigenvalue weighted by Crippen LogP contribution is 2.27. The maximum atomic E-state index is 9.36. The first-order valence-electron chi connectivity index (χ1n) is 5.02. The van der Waals surface area contributed by atoms with Crippen LogP contribution in [0.2, 0.25) is 0 Å². The van der Waals surface area contributed by atoms with Gasteiger partial charge in [-0.3, -0.25) is 0 Å². The van der Waals surface area contributed by atoms with E-state index in [1.807, 2.05) is 0 Å². The van der Waals surface area contributed by atoms with Crippen molar-refractivity contribution >= 4 is 0 Å². The molecule has 71 valence electrons. The molecule has 1 fully saturated rings. The molecule has 0 aromatic carbocycles. The van der Waals surface area contributed by atoms with Crippen LogP contribution in [0.15, 0.2) is 0 Å². The van der Waals surface area contributed by atoms with E-state index in [1.54, 1.807) is 0 Å². The van der Waals surface area contributed by atoms with Crippen LogP contribution in [-0.4, -0.2) is 11.4 Å². The van der Waals surface area contributed by atoms with Crippen molar-refractivity contribution in [1.82, 2.24) is 0 Å². The minimum absolute atomic E-state index is 0.553. The Morgan fingerprint density at radius 1 is 1.33 bits per heavy atom. The Labute approximate surface area is 74.9 Å². The van der Waals surface area contributed by atoms with Crippen LogP contribution in [-0.2, 0) is 4.74 Å². The summed E-state index contributed by atoms with van der Waals surface area (Å²) in [4.78, 5) is 0. The van der Waals surface area contributed by atoms with Crippen LogP contribution in [0.1, 0.15) is 51.9 Å². The molecule has 1 N–H and O–H groups in total. The van der Waals surface area contributed by atoms with Crippen molar-refractivity contribution in [3.63, 3.8) is 0 Å². The summed E-state index contributed by atoms with van der Waals surface area (Å²) in [5.41, 5.74) is 0. The van der Waals surface area contributed by atoms with Crippen molar-refractivity contribution in [3.05, 3.63) is 6.10 Å². The third-order valence-corrected chi connectivity index (χ3v) is 2.25. The predicted octanol–water partition coefficient (Wildman–Crippen LogP) is 2.62. The van der Waals surface area contributed by atoms with Crippen LogP contribution in [0, 0.1) is 6.10 Å². The van der Waals surface area contributed by atoms with Gasteiger partial charge in [0.15, 0.2) is 6.29 Å². The first kappa shape index (κ1) is 10.0. The van der Waals surface area contributed by atoms with Gasteiger partial charge >= 0.3 is 0 Å². The lowest BCUT2D eigenvalue weighted by Gasteiger charge is -2.23. The molecule has 2 nitrogen and oxygen atoms in total. The standard InChI is InChI=1S/C10H19O2/c1-2-6-10(11)12-9-7-4-3-5-8-9/h10-11H,2-8H2,1H3. The number of hydrogen-bond donors (Lipinski definition) is 1. The second-order valence-corrected chi connectivity index (χ2v) is 3.46. The van der Waals surface area contributed by atoms with Crippen LogP contribution < -0.4 is 0 Å². The fourth-order valence-electron chi connectivity index (χ4n) is 1.56. The highest BCUT2D eigenvalue weighted by atomic mass is 16.6. The van der Waals surface area contributed by atoms with E-state index in [0.717, 1.165) is 31.8 Å². The zero-order valence-corrected chi connectivity index (χ0v) is 7.88. The van der Waals surface area contributed by atoms with Crippen LogP contribution in [0.5, 0.6) is 0 Å². The van der Waals surface area contributed by atoms with Gasteiger partial charge in [-0.15, -0.1) is 0 Å². The Bertz CT molecular complexity index is 108. The Morgan fingerprint density at radius 2 is 2.00 bits per heavy atom. The average Bonchev–Trinajstić information content (AvgIpc) is 2.06. The largest absolute Gasteiger partial charge is 0.368 e. The summed E-state index contributed by atoms with van der Waals surface area (Å²) < 4.78 is 5.40. The van der Waals surface area contributed by atoms with Gasteiger partial charge in [0.1, 0.15) is 6.10 Å². The molecule has 1 atom stereocenters. The van der Waals surface area contributed by atoms with E-state index in [9.17, 15) is 5.11 Å². The number of rotatable bonds is 4. The number of aliphatic hydroxyl groups is 1. The molecule has 0 aromatic rings. The molecule has 0 bridgehead atoms. The van der Waals surface area contributed by atoms with Crippen molar-refractivity contribution in [3.8, 4) is 0 Å². The Hall–Kier alpha value is -0.0800. The third-order valence-electron chi connectivity index (χ3n) is 2.25. The molecule has 0 aromatic heterocycles. The van der Waals surface area contributed by atoms with Crippen LogP contribution in [0.3, 0.4) is 0 Å². The molecule has 0 spiro atoms. The van der Waals surface area contributed by atoms with Gasteiger partial charge in [0.2, 0.25) is 0 Å². The fraction of sp³-hybridized carbons (Fsp3) is 0.900. The van der Waals surface area contributed by atoms with Gasteiger partial charge in [0.25, 0.3) is 0 Å². The van der Waals surface area contributed by atoms with Crippen LogP contribution in [0.25, 0.3) is 0 Å². The molecular formula is C10H19O2. The van der Waals surface area contributed by atoms with E-state index in [4.69, 9.17) is 4.74 Å². The van der Waals surface area contributed by atoms with Crippen molar-refractivity contribution in [2.45, 2.75) is 58.2 Å². The van der Waals surface area contributed by atoms with E-state index >= 15 is 0 Å². The molecule has 1 unspecified atom stereocenters. The fourth-order valence-corrected chi connectivity index (χ4v) is 1.56. The smallest absolute Gasteiger partial charge is 0.155 e. The Kier molecular flexibility index (Phi) is 4.62. The molecule has 12 heavy (non-hydrogen) atoms. The zero-order valence-electron chi connectivity index (χ0n) is 7.88. The average molecular weight is 171 g/mol. The molecule has 1 radical (unpaired) electrons. The number of hydrogen-bond acceptors (Lipinski definition) is 2. The zero-order chi connectivity index (χ0) is 8.81. The highest BCUT2D eigenvalue weighted by molar-refractivity contribution is 4.82. The molecule has 0 heterocycles. The SMILES string of the molecule is CCCC(O)O[C]1CCCCC1. The summed E-state index contributed by atoms with van der Waals surface area (Å²) in [6.07, 6.45) is 8.18. The first-order valence-corrected chi connectivity index (χ1v) is 5.02. The quantitative estimate of drug-likeness (QED) is 0.659. The van der Waals surface area contributed by atoms with E-state index in [2.05, 4.69) is 6.92 Å². The van der Waals surface area contributed by atoms with Gasteiger partial charge in [0.05, 0.1) is 0 Å². The minimum atomic E-state index is -0.553. The molecule has 1 aliphatic rings. The van der Waals surface area contributed by atoms with E-state index in [1.165, 1.54) is 19.3 Å². The molecule has 0 saturated heterocycles. The molecule has 0 aliphatic heterocycles. The van der Waals surface area contributed by atoms with Crippen molar-refractivity contribution in [1.29, 1.82) is 0 Å². The molecule has 2 heteroatoms. The maximum Gasteiger partial charge on any atom is 0.155 e. The van der Waals surface area contributed by atoms with Crippen LogP contribution in [0.4, 0.5) is 0 Å². The third kappa shape index (κ3) is 3.55. The lowest BCUT2D eigenvalue weighted by atomic mass is 9.98. The molecule has 1 rings (SSSR count). The lowest BCUT2D eigenvalue weighted by Crippen LogP contribution is -2.17. The Balaban J connectivity index is 2.11. The number of ether oxygens (including phenoxy) is 1. The summed E-state index contributed by atoms with van der Waals surface area (Å²) in [6.45, 7) is 2.05. The monoisotopic (exact) mass is 171 g/mol. The summed E-state index contributed by atoms with van der Waals surface area (Å²) in [5, 5.41) is 9.36.